The van der Waals surface area contributed by atoms with Gasteiger partial charge < -0.3 is 10.2 Å². The van der Waals surface area contributed by atoms with Gasteiger partial charge in [-0.1, -0.05) is 26.2 Å². The van der Waals surface area contributed by atoms with E-state index < -0.39 is 0 Å². The molecule has 0 spiro atoms. The molecule has 1 saturated heterocycles. The number of hydrogen-bond acceptors (Lipinski definition) is 2. The Bertz CT molecular complexity index is 400. The van der Waals surface area contributed by atoms with E-state index in [2.05, 4.69) is 24.4 Å². The highest BCUT2D eigenvalue weighted by Crippen LogP contribution is 2.22. The number of amides is 1. The second kappa shape index (κ2) is 7.17. The van der Waals surface area contributed by atoms with Crippen LogP contribution in [0, 0.1) is 0 Å². The smallest absolute Gasteiger partial charge is 0.227 e. The van der Waals surface area contributed by atoms with Crippen LogP contribution in [0.25, 0.3) is 0 Å². The molecule has 0 unspecified atom stereocenters. The predicted octanol–water partition coefficient (Wildman–Crippen LogP) is 3.81. The maximum atomic E-state index is 11.6. The van der Waals surface area contributed by atoms with E-state index >= 15 is 0 Å². The van der Waals surface area contributed by atoms with Gasteiger partial charge in [0.15, 0.2) is 0 Å². The molecule has 1 aromatic rings. The van der Waals surface area contributed by atoms with Crippen molar-refractivity contribution in [2.75, 3.05) is 23.3 Å². The SMILES string of the molecule is CCCCCCNc1ccc(N2CCCC2=O)cc1. The van der Waals surface area contributed by atoms with Crippen LogP contribution in [0.2, 0.25) is 0 Å². The molecule has 1 fully saturated rings. The van der Waals surface area contributed by atoms with Gasteiger partial charge in [0, 0.05) is 30.9 Å². The van der Waals surface area contributed by atoms with Crippen LogP contribution in [0.1, 0.15) is 45.4 Å². The third-order valence-corrected chi connectivity index (χ3v) is 3.61. The number of nitrogens with zero attached hydrogens (tertiary/aromatic N) is 1. The second-order valence-corrected chi connectivity index (χ2v) is 5.18. The molecule has 1 heterocycles. The molecule has 0 bridgehead atoms. The van der Waals surface area contributed by atoms with Crippen molar-refractivity contribution in [1.29, 1.82) is 0 Å². The summed E-state index contributed by atoms with van der Waals surface area (Å²) in [6, 6.07) is 8.22. The number of hydrogen-bond donors (Lipinski definition) is 1. The van der Waals surface area contributed by atoms with Crippen LogP contribution in [0.4, 0.5) is 11.4 Å². The summed E-state index contributed by atoms with van der Waals surface area (Å²) in [5.41, 5.74) is 2.17. The van der Waals surface area contributed by atoms with Crippen LogP contribution in [0.15, 0.2) is 24.3 Å². The van der Waals surface area contributed by atoms with E-state index in [9.17, 15) is 4.79 Å². The van der Waals surface area contributed by atoms with Crippen LogP contribution in [-0.2, 0) is 4.79 Å². The van der Waals surface area contributed by atoms with E-state index in [1.807, 2.05) is 17.0 Å². The van der Waals surface area contributed by atoms with Crippen molar-refractivity contribution in [3.8, 4) is 0 Å². The third-order valence-electron chi connectivity index (χ3n) is 3.61. The van der Waals surface area contributed by atoms with Crippen molar-refractivity contribution < 1.29 is 4.79 Å². The van der Waals surface area contributed by atoms with Crippen LogP contribution in [0.5, 0.6) is 0 Å². The van der Waals surface area contributed by atoms with Gasteiger partial charge in [0.25, 0.3) is 0 Å². The lowest BCUT2D eigenvalue weighted by Crippen LogP contribution is -2.23. The first-order valence-electron chi connectivity index (χ1n) is 7.45. The number of anilines is 2. The second-order valence-electron chi connectivity index (χ2n) is 5.18. The summed E-state index contributed by atoms with van der Waals surface area (Å²) in [5.74, 6) is 0.250. The molecule has 1 amide bonds. The summed E-state index contributed by atoms with van der Waals surface area (Å²) in [6.07, 6.45) is 6.79. The minimum absolute atomic E-state index is 0.250. The maximum absolute atomic E-state index is 11.6. The van der Waals surface area contributed by atoms with Crippen molar-refractivity contribution >= 4 is 17.3 Å². The Hall–Kier alpha value is -1.51. The molecular formula is C16H24N2O. The van der Waals surface area contributed by atoms with Crippen molar-refractivity contribution in [1.82, 2.24) is 0 Å². The van der Waals surface area contributed by atoms with Crippen molar-refractivity contribution in [3.63, 3.8) is 0 Å². The fourth-order valence-corrected chi connectivity index (χ4v) is 2.46. The Morgan fingerprint density at radius 1 is 1.16 bits per heavy atom. The van der Waals surface area contributed by atoms with Gasteiger partial charge in [-0.25, -0.2) is 0 Å². The molecule has 0 aromatic heterocycles. The first-order chi connectivity index (χ1) is 9.31. The quantitative estimate of drug-likeness (QED) is 0.756. The highest BCUT2D eigenvalue weighted by molar-refractivity contribution is 5.95. The molecule has 1 aliphatic heterocycles. The van der Waals surface area contributed by atoms with Gasteiger partial charge in [-0.05, 0) is 37.1 Å². The number of carbonyl (C=O) groups is 1. The molecule has 0 aliphatic carbocycles. The van der Waals surface area contributed by atoms with E-state index in [4.69, 9.17) is 0 Å². The molecule has 0 radical (unpaired) electrons. The fraction of sp³-hybridized carbons (Fsp3) is 0.562. The van der Waals surface area contributed by atoms with Crippen molar-refractivity contribution in [3.05, 3.63) is 24.3 Å². The molecule has 3 nitrogen and oxygen atoms in total. The van der Waals surface area contributed by atoms with Gasteiger partial charge >= 0.3 is 0 Å². The lowest BCUT2D eigenvalue weighted by molar-refractivity contribution is -0.117. The van der Waals surface area contributed by atoms with Gasteiger partial charge in [0.2, 0.25) is 5.91 Å². The van der Waals surface area contributed by atoms with Crippen LogP contribution >= 0.6 is 0 Å². The Morgan fingerprint density at radius 3 is 2.58 bits per heavy atom. The van der Waals surface area contributed by atoms with E-state index in [0.717, 1.165) is 30.9 Å². The summed E-state index contributed by atoms with van der Waals surface area (Å²) < 4.78 is 0. The lowest BCUT2D eigenvalue weighted by atomic mass is 10.2. The van der Waals surface area contributed by atoms with Gasteiger partial charge in [-0.2, -0.15) is 0 Å². The number of benzene rings is 1. The molecular weight excluding hydrogens is 236 g/mol. The van der Waals surface area contributed by atoms with Crippen molar-refractivity contribution in [2.24, 2.45) is 0 Å². The predicted molar refractivity (Wildman–Crippen MR) is 80.7 cm³/mol. The Labute approximate surface area is 116 Å². The average Bonchev–Trinajstić information content (AvgIpc) is 2.86. The van der Waals surface area contributed by atoms with Gasteiger partial charge in [-0.15, -0.1) is 0 Å². The van der Waals surface area contributed by atoms with Crippen LogP contribution in [-0.4, -0.2) is 19.0 Å². The minimum atomic E-state index is 0.250. The van der Waals surface area contributed by atoms with E-state index in [1.165, 1.54) is 25.7 Å². The largest absolute Gasteiger partial charge is 0.385 e. The number of carbonyl (C=O) groups excluding carboxylic acids is 1. The molecule has 19 heavy (non-hydrogen) atoms. The molecule has 1 N–H and O–H groups in total. The molecule has 1 aromatic carbocycles. The van der Waals surface area contributed by atoms with Gasteiger partial charge in [0.05, 0.1) is 0 Å². The van der Waals surface area contributed by atoms with E-state index in [-0.39, 0.29) is 5.91 Å². The number of unbranched alkanes of at least 4 members (excludes halogenated alkanes) is 3. The normalized spacial score (nSPS) is 15.0. The first kappa shape index (κ1) is 13.9. The van der Waals surface area contributed by atoms with Crippen molar-refractivity contribution in [2.45, 2.75) is 45.4 Å². The Balaban J connectivity index is 1.79. The van der Waals surface area contributed by atoms with Crippen LogP contribution < -0.4 is 10.2 Å². The maximum Gasteiger partial charge on any atom is 0.227 e. The molecule has 0 saturated carbocycles. The highest BCUT2D eigenvalue weighted by atomic mass is 16.2. The zero-order chi connectivity index (χ0) is 13.5. The summed E-state index contributed by atoms with van der Waals surface area (Å²) in [5, 5.41) is 3.43. The summed E-state index contributed by atoms with van der Waals surface area (Å²) in [4.78, 5) is 13.5. The first-order valence-corrected chi connectivity index (χ1v) is 7.45. The molecule has 0 atom stereocenters. The topological polar surface area (TPSA) is 32.3 Å². The summed E-state index contributed by atoms with van der Waals surface area (Å²) >= 11 is 0. The summed E-state index contributed by atoms with van der Waals surface area (Å²) in [7, 11) is 0. The molecule has 1 aliphatic rings. The average molecular weight is 260 g/mol. The zero-order valence-corrected chi connectivity index (χ0v) is 11.8. The third kappa shape index (κ3) is 3.98. The van der Waals surface area contributed by atoms with Gasteiger partial charge in [-0.3, -0.25) is 4.79 Å². The van der Waals surface area contributed by atoms with Crippen LogP contribution in [0.3, 0.4) is 0 Å². The highest BCUT2D eigenvalue weighted by Gasteiger charge is 2.21. The van der Waals surface area contributed by atoms with Gasteiger partial charge in [0.1, 0.15) is 0 Å². The zero-order valence-electron chi connectivity index (χ0n) is 11.8. The Morgan fingerprint density at radius 2 is 1.95 bits per heavy atom. The van der Waals surface area contributed by atoms with E-state index in [1.54, 1.807) is 0 Å². The minimum Gasteiger partial charge on any atom is -0.385 e. The standard InChI is InChI=1S/C16H24N2O/c1-2-3-4-5-12-17-14-8-10-15(11-9-14)18-13-6-7-16(18)19/h8-11,17H,2-7,12-13H2,1H3. The van der Waals surface area contributed by atoms with E-state index in [0.29, 0.717) is 6.42 Å². The molecule has 2 rings (SSSR count). The fourth-order valence-electron chi connectivity index (χ4n) is 2.46. The number of rotatable bonds is 7. The molecule has 104 valence electrons. The summed E-state index contributed by atoms with van der Waals surface area (Å²) in [6.45, 7) is 4.12. The monoisotopic (exact) mass is 260 g/mol. The Kier molecular flexibility index (Phi) is 5.25. The number of nitrogens with one attached hydrogen (secondary N) is 1. The lowest BCUT2D eigenvalue weighted by Gasteiger charge is -2.16. The molecule has 3 heteroatoms.